The lowest BCUT2D eigenvalue weighted by molar-refractivity contribution is 0.102. The van der Waals surface area contributed by atoms with Crippen LogP contribution in [0.15, 0.2) is 60.0 Å². The van der Waals surface area contributed by atoms with E-state index in [1.807, 2.05) is 60.0 Å². The molecule has 3 rings (SSSR count). The van der Waals surface area contributed by atoms with Crippen LogP contribution in [0.25, 0.3) is 5.69 Å². The van der Waals surface area contributed by atoms with Gasteiger partial charge in [-0.3, -0.25) is 9.36 Å². The van der Waals surface area contributed by atoms with Gasteiger partial charge in [0.05, 0.1) is 11.4 Å². The Morgan fingerprint density at radius 3 is 2.58 bits per heavy atom. The number of thioether (sulfide) groups is 1. The Kier molecular flexibility index (Phi) is 5.11. The summed E-state index contributed by atoms with van der Waals surface area (Å²) in [6, 6.07) is 15.9. The zero-order valence-electron chi connectivity index (χ0n) is 13.8. The van der Waals surface area contributed by atoms with Crippen LogP contribution in [0.3, 0.4) is 0 Å². The molecule has 4 nitrogen and oxygen atoms in total. The van der Waals surface area contributed by atoms with E-state index in [1.165, 1.54) is 17.3 Å². The normalized spacial score (nSPS) is 10.8. The van der Waals surface area contributed by atoms with Crippen molar-refractivity contribution < 1.29 is 4.79 Å². The number of benzene rings is 2. The van der Waals surface area contributed by atoms with Crippen molar-refractivity contribution in [3.8, 4) is 5.69 Å². The molecule has 1 heterocycles. The summed E-state index contributed by atoms with van der Waals surface area (Å²) >= 11 is 1.41. The van der Waals surface area contributed by atoms with Gasteiger partial charge < -0.3 is 0 Å². The molecule has 122 valence electrons. The van der Waals surface area contributed by atoms with Crippen LogP contribution in [0.2, 0.25) is 0 Å². The Labute approximate surface area is 145 Å². The van der Waals surface area contributed by atoms with Gasteiger partial charge in [-0.05, 0) is 30.5 Å². The second kappa shape index (κ2) is 7.45. The number of para-hydroxylation sites is 1. The standard InChI is InChI=1S/C19H19N3OS/c1-3-15-8-10-16(11-9-15)18(23)12-24-19-21-20-13-22(19)17-7-5-4-6-14(17)2/h4-11,13H,3,12H2,1-2H3. The molecule has 0 saturated carbocycles. The van der Waals surface area contributed by atoms with Gasteiger partial charge in [-0.15, -0.1) is 10.2 Å². The first kappa shape index (κ1) is 16.5. The molecular formula is C19H19N3OS. The van der Waals surface area contributed by atoms with Gasteiger partial charge in [0.1, 0.15) is 6.33 Å². The van der Waals surface area contributed by atoms with E-state index in [2.05, 4.69) is 17.1 Å². The Morgan fingerprint density at radius 2 is 1.88 bits per heavy atom. The van der Waals surface area contributed by atoms with Gasteiger partial charge in [0.25, 0.3) is 0 Å². The van der Waals surface area contributed by atoms with Crippen molar-refractivity contribution in [3.63, 3.8) is 0 Å². The fourth-order valence-corrected chi connectivity index (χ4v) is 3.28. The van der Waals surface area contributed by atoms with E-state index < -0.39 is 0 Å². The van der Waals surface area contributed by atoms with Gasteiger partial charge in [0, 0.05) is 5.56 Å². The molecule has 0 aliphatic heterocycles. The van der Waals surface area contributed by atoms with E-state index in [4.69, 9.17) is 0 Å². The summed E-state index contributed by atoms with van der Waals surface area (Å²) in [5.74, 6) is 0.442. The fourth-order valence-electron chi connectivity index (χ4n) is 2.46. The number of aromatic nitrogens is 3. The molecule has 24 heavy (non-hydrogen) atoms. The Morgan fingerprint density at radius 1 is 1.12 bits per heavy atom. The van der Waals surface area contributed by atoms with Crippen molar-refractivity contribution >= 4 is 17.5 Å². The molecule has 0 fully saturated rings. The Hall–Kier alpha value is -2.40. The van der Waals surface area contributed by atoms with Gasteiger partial charge in [-0.25, -0.2) is 0 Å². The number of nitrogens with zero attached hydrogens (tertiary/aromatic N) is 3. The summed E-state index contributed by atoms with van der Waals surface area (Å²) in [6.07, 6.45) is 2.66. The summed E-state index contributed by atoms with van der Waals surface area (Å²) in [5, 5.41) is 8.87. The minimum atomic E-state index is 0.0991. The van der Waals surface area contributed by atoms with E-state index >= 15 is 0 Å². The van der Waals surface area contributed by atoms with Crippen LogP contribution < -0.4 is 0 Å². The van der Waals surface area contributed by atoms with E-state index in [0.717, 1.165) is 28.4 Å². The zero-order valence-corrected chi connectivity index (χ0v) is 14.6. The molecule has 2 aromatic carbocycles. The summed E-state index contributed by atoms with van der Waals surface area (Å²) in [5.41, 5.74) is 4.14. The first-order valence-electron chi connectivity index (χ1n) is 7.90. The zero-order chi connectivity index (χ0) is 16.9. The van der Waals surface area contributed by atoms with Crippen molar-refractivity contribution in [2.24, 2.45) is 0 Å². The molecule has 0 N–H and O–H groups in total. The third-order valence-corrected chi connectivity index (χ3v) is 4.85. The molecule has 0 amide bonds. The van der Waals surface area contributed by atoms with Crippen LogP contribution in [-0.4, -0.2) is 26.3 Å². The SMILES string of the molecule is CCc1ccc(C(=O)CSc2nncn2-c2ccccc2C)cc1. The summed E-state index contributed by atoms with van der Waals surface area (Å²) in [4.78, 5) is 12.4. The molecule has 0 bridgehead atoms. The lowest BCUT2D eigenvalue weighted by Gasteiger charge is -2.08. The number of ketones is 1. The third kappa shape index (κ3) is 3.57. The lowest BCUT2D eigenvalue weighted by Crippen LogP contribution is -2.04. The second-order valence-electron chi connectivity index (χ2n) is 5.53. The average molecular weight is 337 g/mol. The maximum Gasteiger partial charge on any atom is 0.196 e. The fraction of sp³-hybridized carbons (Fsp3) is 0.211. The van der Waals surface area contributed by atoms with Crippen LogP contribution in [0, 0.1) is 6.92 Å². The summed E-state index contributed by atoms with van der Waals surface area (Å²) in [6.45, 7) is 4.15. The van der Waals surface area contributed by atoms with Crippen molar-refractivity contribution in [2.75, 3.05) is 5.75 Å². The number of carbonyl (C=O) groups is 1. The minimum Gasteiger partial charge on any atom is -0.293 e. The maximum atomic E-state index is 12.4. The van der Waals surface area contributed by atoms with E-state index in [9.17, 15) is 4.79 Å². The topological polar surface area (TPSA) is 47.8 Å². The molecule has 0 unspecified atom stereocenters. The Bertz CT molecular complexity index is 840. The monoisotopic (exact) mass is 337 g/mol. The molecule has 0 radical (unpaired) electrons. The Balaban J connectivity index is 1.72. The molecular weight excluding hydrogens is 318 g/mol. The molecule has 0 spiro atoms. The average Bonchev–Trinajstić information content (AvgIpc) is 3.08. The van der Waals surface area contributed by atoms with Crippen molar-refractivity contribution in [1.29, 1.82) is 0 Å². The molecule has 0 aliphatic carbocycles. The van der Waals surface area contributed by atoms with Crippen molar-refractivity contribution in [2.45, 2.75) is 25.4 Å². The lowest BCUT2D eigenvalue weighted by atomic mass is 10.1. The first-order valence-corrected chi connectivity index (χ1v) is 8.88. The highest BCUT2D eigenvalue weighted by molar-refractivity contribution is 7.99. The van der Waals surface area contributed by atoms with Crippen molar-refractivity contribution in [1.82, 2.24) is 14.8 Å². The highest BCUT2D eigenvalue weighted by atomic mass is 32.2. The van der Waals surface area contributed by atoms with Crippen LogP contribution in [0.5, 0.6) is 0 Å². The van der Waals surface area contributed by atoms with Crippen LogP contribution in [0.1, 0.15) is 28.4 Å². The molecule has 1 aromatic heterocycles. The largest absolute Gasteiger partial charge is 0.293 e. The molecule has 0 atom stereocenters. The van der Waals surface area contributed by atoms with Crippen LogP contribution in [-0.2, 0) is 6.42 Å². The van der Waals surface area contributed by atoms with Crippen LogP contribution in [0.4, 0.5) is 0 Å². The second-order valence-corrected chi connectivity index (χ2v) is 6.47. The highest BCUT2D eigenvalue weighted by Crippen LogP contribution is 2.22. The molecule has 3 aromatic rings. The van der Waals surface area contributed by atoms with Crippen LogP contribution >= 0.6 is 11.8 Å². The summed E-state index contributed by atoms with van der Waals surface area (Å²) < 4.78 is 1.92. The minimum absolute atomic E-state index is 0.0991. The third-order valence-electron chi connectivity index (χ3n) is 3.91. The predicted molar refractivity (Wildman–Crippen MR) is 97.0 cm³/mol. The maximum absolute atomic E-state index is 12.4. The first-order chi connectivity index (χ1) is 11.7. The quantitative estimate of drug-likeness (QED) is 0.501. The van der Waals surface area contributed by atoms with Gasteiger partial charge >= 0.3 is 0 Å². The molecule has 0 saturated heterocycles. The molecule has 0 aliphatic rings. The number of carbonyl (C=O) groups excluding carboxylic acids is 1. The van der Waals surface area contributed by atoms with Gasteiger partial charge in [-0.1, -0.05) is 61.2 Å². The van der Waals surface area contributed by atoms with E-state index in [0.29, 0.717) is 5.75 Å². The van der Waals surface area contributed by atoms with Gasteiger partial charge in [-0.2, -0.15) is 0 Å². The number of hydrogen-bond donors (Lipinski definition) is 0. The van der Waals surface area contributed by atoms with Gasteiger partial charge in [0.15, 0.2) is 10.9 Å². The van der Waals surface area contributed by atoms with Gasteiger partial charge in [0.2, 0.25) is 0 Å². The number of Topliss-reactive ketones (excluding diaryl/α,β-unsaturated/α-hetero) is 1. The van der Waals surface area contributed by atoms with E-state index in [1.54, 1.807) is 6.33 Å². The molecule has 5 heteroatoms. The predicted octanol–water partition coefficient (Wildman–Crippen LogP) is 4.11. The summed E-state index contributed by atoms with van der Waals surface area (Å²) in [7, 11) is 0. The van der Waals surface area contributed by atoms with Crippen molar-refractivity contribution in [3.05, 3.63) is 71.5 Å². The number of rotatable bonds is 6. The number of aryl methyl sites for hydroxylation is 2. The smallest absolute Gasteiger partial charge is 0.196 e. The number of hydrogen-bond acceptors (Lipinski definition) is 4. The van der Waals surface area contributed by atoms with E-state index in [-0.39, 0.29) is 5.78 Å². The highest BCUT2D eigenvalue weighted by Gasteiger charge is 2.12.